The first-order valence-electron chi connectivity index (χ1n) is 0.383. The van der Waals surface area contributed by atoms with Gasteiger partial charge in [0, 0.05) is 29.6 Å². The van der Waals surface area contributed by atoms with Crippen LogP contribution in [-0.2, 0) is 0 Å². The first-order chi connectivity index (χ1) is 1.41. The molecule has 3 nitrogen and oxygen atoms in total. The van der Waals surface area contributed by atoms with Crippen molar-refractivity contribution in [2.24, 2.45) is 0 Å². The zero-order valence-electron chi connectivity index (χ0n) is 2.30. The summed E-state index contributed by atoms with van der Waals surface area (Å²) >= 11 is 0. The molecule has 4 heteroatoms. The Kier molecular flexibility index (Phi) is 22.8. The van der Waals surface area contributed by atoms with Crippen LogP contribution < -0.4 is 4.97 Å². The number of hydrogen-bond donors (Lipinski definition) is 0. The van der Waals surface area contributed by atoms with Crippen molar-refractivity contribution < 1.29 is 0 Å². The van der Waals surface area contributed by atoms with Crippen molar-refractivity contribution in [3.63, 3.8) is 0 Å². The van der Waals surface area contributed by atoms with Crippen LogP contribution in [0.15, 0.2) is 0 Å². The summed E-state index contributed by atoms with van der Waals surface area (Å²) in [5.41, 5.74) is 6.64. The summed E-state index contributed by atoms with van der Waals surface area (Å²) in [6, 6.07) is 0. The topological polar surface area (TPSA) is 53.5 Å². The van der Waals surface area contributed by atoms with E-state index in [0.717, 1.165) is 0 Å². The average Bonchev–Trinajstić information content (AvgIpc) is 0.918. The Morgan fingerprint density at radius 2 is 1.75 bits per heavy atom. The fourth-order valence-corrected chi connectivity index (χ4v) is 0. The van der Waals surface area contributed by atoms with Crippen molar-refractivity contribution in [2.75, 3.05) is 0 Å². The standard InChI is InChI=1S/N2O.Na/c1-2-3;. The second kappa shape index (κ2) is 10.3. The third-order valence-electron chi connectivity index (χ3n) is 0. The van der Waals surface area contributed by atoms with Crippen LogP contribution in [0.25, 0.3) is 5.53 Å². The fraction of sp³-hybridized carbons (Fsp3) is 0. The first kappa shape index (κ1) is 8.85. The van der Waals surface area contributed by atoms with Crippen LogP contribution in [-0.4, -0.2) is 29.6 Å². The SMILES string of the molecule is [N-]=[N+]=O.[Na]. The van der Waals surface area contributed by atoms with Crippen molar-refractivity contribution in [3.8, 4) is 0 Å². The summed E-state index contributed by atoms with van der Waals surface area (Å²) in [6.07, 6.45) is 0. The summed E-state index contributed by atoms with van der Waals surface area (Å²) in [5, 5.41) is 0. The molecule has 0 rings (SSSR count). The smallest absolute Gasteiger partial charge is 0.151 e. The molecular formula is N2NaO. The molecule has 0 aliphatic heterocycles. The number of nitroso groups, excluding NO2 is 1. The van der Waals surface area contributed by atoms with E-state index >= 15 is 0 Å². The quantitative estimate of drug-likeness (QED) is 0.213. The van der Waals surface area contributed by atoms with Gasteiger partial charge < -0.3 is 0 Å². The van der Waals surface area contributed by atoms with E-state index < -0.39 is 0 Å². The maximum atomic E-state index is 8.11. The second-order valence-electron chi connectivity index (χ2n) is 0.0816. The number of nitrogens with zero attached hydrogens (tertiary/aromatic N) is 2. The minimum atomic E-state index is 0. The second-order valence-corrected chi connectivity index (χ2v) is 0.0816. The van der Waals surface area contributed by atoms with E-state index in [-0.39, 0.29) is 29.6 Å². The van der Waals surface area contributed by atoms with E-state index in [1.807, 2.05) is 0 Å². The van der Waals surface area contributed by atoms with E-state index in [2.05, 4.69) is 0 Å². The summed E-state index contributed by atoms with van der Waals surface area (Å²) in [4.78, 5) is 9.36. The largest absolute Gasteiger partial charge is 0.294 e. The molecule has 0 amide bonds. The molecule has 0 aliphatic rings. The van der Waals surface area contributed by atoms with Gasteiger partial charge in [0.25, 0.3) is 0 Å². The van der Waals surface area contributed by atoms with Crippen LogP contribution in [0.4, 0.5) is 0 Å². The molecule has 0 atom stereocenters. The van der Waals surface area contributed by atoms with E-state index in [1.165, 1.54) is 4.97 Å². The van der Waals surface area contributed by atoms with E-state index in [1.54, 1.807) is 0 Å². The summed E-state index contributed by atoms with van der Waals surface area (Å²) in [7, 11) is 0. The summed E-state index contributed by atoms with van der Waals surface area (Å²) in [6.45, 7) is 0. The van der Waals surface area contributed by atoms with Crippen molar-refractivity contribution in [2.45, 2.75) is 0 Å². The molecule has 0 aliphatic carbocycles. The summed E-state index contributed by atoms with van der Waals surface area (Å²) < 4.78 is 0. The molecule has 0 N–H and O–H groups in total. The third-order valence-corrected chi connectivity index (χ3v) is 0. The fourth-order valence-electron chi connectivity index (χ4n) is 0. The van der Waals surface area contributed by atoms with Crippen molar-refractivity contribution in [3.05, 3.63) is 10.4 Å². The van der Waals surface area contributed by atoms with Gasteiger partial charge in [0.2, 0.25) is 0 Å². The van der Waals surface area contributed by atoms with Gasteiger partial charge in [0.15, 0.2) is 4.91 Å². The minimum Gasteiger partial charge on any atom is -0.294 e. The van der Waals surface area contributed by atoms with Gasteiger partial charge in [-0.3, -0.25) is 5.53 Å². The van der Waals surface area contributed by atoms with Crippen molar-refractivity contribution in [1.29, 1.82) is 0 Å². The minimum absolute atomic E-state index is 0. The van der Waals surface area contributed by atoms with Crippen LogP contribution in [0.5, 0.6) is 0 Å². The van der Waals surface area contributed by atoms with Gasteiger partial charge in [-0.05, 0) is 0 Å². The first-order valence-corrected chi connectivity index (χ1v) is 0.383. The normalized spacial score (nSPS) is 2.00. The molecule has 0 spiro atoms. The number of rotatable bonds is 0. The Morgan fingerprint density at radius 3 is 1.75 bits per heavy atom. The molecule has 0 aromatic carbocycles. The Morgan fingerprint density at radius 1 is 1.75 bits per heavy atom. The molecule has 0 saturated carbocycles. The Balaban J connectivity index is 0. The van der Waals surface area contributed by atoms with Gasteiger partial charge >= 0.3 is 0 Å². The molecule has 0 aromatic rings. The Hall–Kier alpha value is 0.310. The Bertz CT molecular complexity index is 27.0. The monoisotopic (exact) mass is 67.0 g/mol. The number of hydrogen-bond acceptors (Lipinski definition) is 1. The third kappa shape index (κ3) is 41.3. The zero-order chi connectivity index (χ0) is 2.71. The van der Waals surface area contributed by atoms with E-state index in [0.29, 0.717) is 0 Å². The van der Waals surface area contributed by atoms with Crippen LogP contribution >= 0.6 is 0 Å². The van der Waals surface area contributed by atoms with Gasteiger partial charge in [-0.25, -0.2) is 0 Å². The predicted molar refractivity (Wildman–Crippen MR) is 14.6 cm³/mol. The molecular weight excluding hydrogens is 67.0 g/mol. The van der Waals surface area contributed by atoms with Gasteiger partial charge in [-0.15, -0.1) is 0 Å². The maximum Gasteiger partial charge on any atom is 0.151 e. The van der Waals surface area contributed by atoms with E-state index in [4.69, 9.17) is 10.4 Å². The van der Waals surface area contributed by atoms with Crippen molar-refractivity contribution in [1.82, 2.24) is 4.97 Å². The molecule has 4 heavy (non-hydrogen) atoms. The molecule has 0 unspecified atom stereocenters. The van der Waals surface area contributed by atoms with Gasteiger partial charge in [0.05, 0.1) is 0 Å². The van der Waals surface area contributed by atoms with Crippen LogP contribution in [0.3, 0.4) is 0 Å². The van der Waals surface area contributed by atoms with Crippen LogP contribution in [0.1, 0.15) is 0 Å². The molecule has 0 fully saturated rings. The molecule has 0 bridgehead atoms. The predicted octanol–water partition coefficient (Wildman–Crippen LogP) is -0.539. The molecule has 1 radical (unpaired) electrons. The van der Waals surface area contributed by atoms with Gasteiger partial charge in [-0.1, -0.05) is 0 Å². The average molecular weight is 67.0 g/mol. The molecule has 0 heterocycles. The van der Waals surface area contributed by atoms with Crippen molar-refractivity contribution >= 4 is 29.6 Å². The van der Waals surface area contributed by atoms with Crippen LogP contribution in [0, 0.1) is 4.91 Å². The molecule has 17 valence electrons. The Labute approximate surface area is 45.2 Å². The zero-order valence-corrected chi connectivity index (χ0v) is 4.30. The molecule has 0 saturated heterocycles. The molecule has 0 aromatic heterocycles. The van der Waals surface area contributed by atoms with Gasteiger partial charge in [-0.2, -0.15) is 0 Å². The maximum absolute atomic E-state index is 8.11. The summed E-state index contributed by atoms with van der Waals surface area (Å²) in [5.74, 6) is 0. The van der Waals surface area contributed by atoms with Gasteiger partial charge in [0.1, 0.15) is 4.97 Å². The van der Waals surface area contributed by atoms with E-state index in [9.17, 15) is 0 Å². The van der Waals surface area contributed by atoms with Crippen LogP contribution in [0.2, 0.25) is 0 Å².